The maximum Gasteiger partial charge on any atom is 0.316 e. The second-order valence-electron chi connectivity index (χ2n) is 6.40. The number of hydrogen-bond donors (Lipinski definition) is 0. The molecule has 2 aromatic heterocycles. The summed E-state index contributed by atoms with van der Waals surface area (Å²) in [6, 6.07) is 10.5. The molecule has 3 heterocycles. The smallest absolute Gasteiger partial charge is 0.316 e. The predicted molar refractivity (Wildman–Crippen MR) is 97.4 cm³/mol. The molecule has 4 rings (SSSR count). The summed E-state index contributed by atoms with van der Waals surface area (Å²) in [5.41, 5.74) is 2.53. The van der Waals surface area contributed by atoms with Gasteiger partial charge < -0.3 is 14.1 Å². The molecule has 0 saturated carbocycles. The zero-order chi connectivity index (χ0) is 18.6. The van der Waals surface area contributed by atoms with Gasteiger partial charge in [-0.1, -0.05) is 30.3 Å². The molecular formula is C20H20N4O3. The van der Waals surface area contributed by atoms with Gasteiger partial charge in [-0.15, -0.1) is 0 Å². The first-order valence-electron chi connectivity index (χ1n) is 8.89. The van der Waals surface area contributed by atoms with Crippen LogP contribution in [0, 0.1) is 0 Å². The Bertz CT molecular complexity index is 922. The summed E-state index contributed by atoms with van der Waals surface area (Å²) in [5, 5.41) is 0. The van der Waals surface area contributed by atoms with Crippen molar-refractivity contribution in [1.82, 2.24) is 19.9 Å². The van der Waals surface area contributed by atoms with Crippen LogP contribution in [0.25, 0.3) is 0 Å². The first-order chi connectivity index (χ1) is 13.2. The third kappa shape index (κ3) is 3.81. The van der Waals surface area contributed by atoms with E-state index in [1.54, 1.807) is 4.90 Å². The molecule has 0 radical (unpaired) electrons. The van der Waals surface area contributed by atoms with Crippen molar-refractivity contribution < 1.29 is 13.9 Å². The molecule has 7 heteroatoms. The van der Waals surface area contributed by atoms with E-state index in [0.29, 0.717) is 25.1 Å². The molecule has 138 valence electrons. The minimum absolute atomic E-state index is 0.114. The van der Waals surface area contributed by atoms with E-state index in [1.165, 1.54) is 25.1 Å². The van der Waals surface area contributed by atoms with Crippen molar-refractivity contribution in [3.05, 3.63) is 71.2 Å². The molecule has 1 aromatic carbocycles. The van der Waals surface area contributed by atoms with Crippen LogP contribution in [-0.2, 0) is 25.8 Å². The Labute approximate surface area is 157 Å². The van der Waals surface area contributed by atoms with Crippen molar-refractivity contribution in [2.24, 2.45) is 0 Å². The molecule has 0 spiro atoms. The van der Waals surface area contributed by atoms with Crippen molar-refractivity contribution in [3.8, 4) is 6.01 Å². The number of oxazole rings is 1. The Hall–Kier alpha value is -3.22. The molecule has 1 aliphatic rings. The number of ether oxygens (including phenoxy) is 1. The average Bonchev–Trinajstić information content (AvgIpc) is 3.14. The topological polar surface area (TPSA) is 81.4 Å². The molecule has 0 atom stereocenters. The summed E-state index contributed by atoms with van der Waals surface area (Å²) in [7, 11) is 1.49. The number of aryl methyl sites for hydroxylation is 2. The third-order valence-corrected chi connectivity index (χ3v) is 4.59. The van der Waals surface area contributed by atoms with Gasteiger partial charge in [0, 0.05) is 31.8 Å². The van der Waals surface area contributed by atoms with Gasteiger partial charge in [-0.2, -0.15) is 0 Å². The van der Waals surface area contributed by atoms with Gasteiger partial charge in [0.25, 0.3) is 5.91 Å². The molecule has 0 unspecified atom stereocenters. The van der Waals surface area contributed by atoms with Crippen LogP contribution in [0.15, 0.2) is 47.1 Å². The molecule has 0 aliphatic carbocycles. The molecule has 0 bridgehead atoms. The predicted octanol–water partition coefficient (Wildman–Crippen LogP) is 2.46. The van der Waals surface area contributed by atoms with E-state index in [0.717, 1.165) is 30.2 Å². The molecular weight excluding hydrogens is 344 g/mol. The molecule has 0 saturated heterocycles. The summed E-state index contributed by atoms with van der Waals surface area (Å²) in [4.78, 5) is 27.0. The van der Waals surface area contributed by atoms with Crippen molar-refractivity contribution in [1.29, 1.82) is 0 Å². The largest absolute Gasteiger partial charge is 0.467 e. The number of benzene rings is 1. The van der Waals surface area contributed by atoms with E-state index in [-0.39, 0.29) is 11.9 Å². The van der Waals surface area contributed by atoms with Crippen molar-refractivity contribution in [2.75, 3.05) is 13.7 Å². The lowest BCUT2D eigenvalue weighted by atomic mass is 10.1. The van der Waals surface area contributed by atoms with Gasteiger partial charge in [0.2, 0.25) is 0 Å². The van der Waals surface area contributed by atoms with E-state index in [1.807, 2.05) is 18.2 Å². The van der Waals surface area contributed by atoms with E-state index in [4.69, 9.17) is 9.15 Å². The molecule has 1 amide bonds. The highest BCUT2D eigenvalue weighted by molar-refractivity contribution is 5.93. The maximum atomic E-state index is 12.7. The number of carbonyl (C=O) groups excluding carboxylic acids is 1. The van der Waals surface area contributed by atoms with Crippen LogP contribution < -0.4 is 4.74 Å². The Morgan fingerprint density at radius 1 is 1.19 bits per heavy atom. The normalized spacial score (nSPS) is 13.3. The molecule has 27 heavy (non-hydrogen) atoms. The van der Waals surface area contributed by atoms with Crippen LogP contribution in [0.5, 0.6) is 6.01 Å². The van der Waals surface area contributed by atoms with Gasteiger partial charge in [-0.05, 0) is 12.0 Å². The molecule has 1 aliphatic heterocycles. The van der Waals surface area contributed by atoms with E-state index in [9.17, 15) is 4.79 Å². The lowest BCUT2D eigenvalue weighted by molar-refractivity contribution is 0.0727. The minimum atomic E-state index is -0.114. The number of rotatable bonds is 5. The van der Waals surface area contributed by atoms with Gasteiger partial charge in [0.1, 0.15) is 11.5 Å². The number of aromatic nitrogens is 3. The van der Waals surface area contributed by atoms with Crippen LogP contribution >= 0.6 is 0 Å². The zero-order valence-electron chi connectivity index (χ0n) is 15.1. The highest BCUT2D eigenvalue weighted by atomic mass is 16.5. The lowest BCUT2D eigenvalue weighted by Gasteiger charge is -2.25. The first kappa shape index (κ1) is 17.2. The van der Waals surface area contributed by atoms with E-state index >= 15 is 0 Å². The number of fused-ring (bicyclic) bond motifs is 1. The van der Waals surface area contributed by atoms with Crippen LogP contribution in [0.1, 0.15) is 33.3 Å². The Kier molecular flexibility index (Phi) is 4.82. The highest BCUT2D eigenvalue weighted by Crippen LogP contribution is 2.22. The molecule has 0 fully saturated rings. The Morgan fingerprint density at radius 2 is 1.96 bits per heavy atom. The van der Waals surface area contributed by atoms with Crippen LogP contribution in [0.3, 0.4) is 0 Å². The van der Waals surface area contributed by atoms with Crippen LogP contribution in [-0.4, -0.2) is 39.4 Å². The molecule has 7 nitrogen and oxygen atoms in total. The summed E-state index contributed by atoms with van der Waals surface area (Å²) in [6.07, 6.45) is 5.26. The summed E-state index contributed by atoms with van der Waals surface area (Å²) in [6.45, 7) is 1.03. The van der Waals surface area contributed by atoms with Crippen molar-refractivity contribution in [2.45, 2.75) is 25.8 Å². The average molecular weight is 364 g/mol. The molecule has 3 aromatic rings. The standard InChI is InChI=1S/C20H20N4O3/c1-26-20-21-11-15(12-22-20)19(25)24-10-9-17-16(13-24)23-18(27-17)8-7-14-5-3-2-4-6-14/h2-6,11-12H,7-10,13H2,1H3. The summed E-state index contributed by atoms with van der Waals surface area (Å²) >= 11 is 0. The summed E-state index contributed by atoms with van der Waals surface area (Å²) in [5.74, 6) is 1.50. The van der Waals surface area contributed by atoms with Gasteiger partial charge >= 0.3 is 6.01 Å². The van der Waals surface area contributed by atoms with Crippen LogP contribution in [0.2, 0.25) is 0 Å². The first-order valence-corrected chi connectivity index (χ1v) is 8.89. The van der Waals surface area contributed by atoms with Gasteiger partial charge in [0.05, 0.1) is 19.2 Å². The zero-order valence-corrected chi connectivity index (χ0v) is 15.1. The number of methoxy groups -OCH3 is 1. The van der Waals surface area contributed by atoms with E-state index < -0.39 is 0 Å². The number of carbonyl (C=O) groups is 1. The van der Waals surface area contributed by atoms with E-state index in [2.05, 4.69) is 27.1 Å². The van der Waals surface area contributed by atoms with Crippen molar-refractivity contribution >= 4 is 5.91 Å². The fourth-order valence-corrected chi connectivity index (χ4v) is 3.14. The van der Waals surface area contributed by atoms with Gasteiger partial charge in [0.15, 0.2) is 5.89 Å². The number of hydrogen-bond acceptors (Lipinski definition) is 6. The second-order valence-corrected chi connectivity index (χ2v) is 6.40. The number of nitrogens with zero attached hydrogens (tertiary/aromatic N) is 4. The third-order valence-electron chi connectivity index (χ3n) is 4.59. The fourth-order valence-electron chi connectivity index (χ4n) is 3.14. The van der Waals surface area contributed by atoms with Gasteiger partial charge in [-0.25, -0.2) is 15.0 Å². The van der Waals surface area contributed by atoms with Crippen molar-refractivity contribution in [3.63, 3.8) is 0 Å². The van der Waals surface area contributed by atoms with Crippen LogP contribution in [0.4, 0.5) is 0 Å². The fraction of sp³-hybridized carbons (Fsp3) is 0.300. The highest BCUT2D eigenvalue weighted by Gasteiger charge is 2.26. The minimum Gasteiger partial charge on any atom is -0.467 e. The monoisotopic (exact) mass is 364 g/mol. The lowest BCUT2D eigenvalue weighted by Crippen LogP contribution is -2.35. The Balaban J connectivity index is 1.42. The second kappa shape index (κ2) is 7.57. The maximum absolute atomic E-state index is 12.7. The summed E-state index contributed by atoms with van der Waals surface area (Å²) < 4.78 is 10.8. The SMILES string of the molecule is COc1ncc(C(=O)N2CCc3oc(CCc4ccccc4)nc3C2)cn1. The number of amides is 1. The Morgan fingerprint density at radius 3 is 2.70 bits per heavy atom. The van der Waals surface area contributed by atoms with Gasteiger partial charge in [-0.3, -0.25) is 4.79 Å². The molecule has 0 N–H and O–H groups in total. The quantitative estimate of drug-likeness (QED) is 0.692.